The minimum atomic E-state index is -0.993. The molecule has 3 N–H and O–H groups in total. The maximum atomic E-state index is 10.7. The van der Waals surface area contributed by atoms with Gasteiger partial charge in [0, 0.05) is 6.54 Å². The highest BCUT2D eigenvalue weighted by Crippen LogP contribution is 2.18. The molecule has 2 rings (SSSR count). The van der Waals surface area contributed by atoms with Gasteiger partial charge in [0.15, 0.2) is 5.96 Å². The summed E-state index contributed by atoms with van der Waals surface area (Å²) in [5.41, 5.74) is 0.741. The Labute approximate surface area is 143 Å². The Morgan fingerprint density at radius 1 is 1.25 bits per heavy atom. The number of benzene rings is 1. The largest absolute Gasteiger partial charge is 0.444 e. The average molecular weight is 330 g/mol. The predicted octanol–water partition coefficient (Wildman–Crippen LogP) is 2.25. The first-order chi connectivity index (χ1) is 11.4. The van der Waals surface area contributed by atoms with Gasteiger partial charge in [-0.25, -0.2) is 9.98 Å². The van der Waals surface area contributed by atoms with E-state index in [4.69, 9.17) is 4.42 Å². The fraction of sp³-hybridized carbons (Fsp3) is 0.444. The SMILES string of the molecule is CCNC(=NCc1nc(C)c(C)o1)NCC(C)(O)c1ccccc1. The minimum absolute atomic E-state index is 0.340. The van der Waals surface area contributed by atoms with Crippen LogP contribution in [0.1, 0.15) is 36.8 Å². The molecule has 0 amide bonds. The molecule has 1 heterocycles. The van der Waals surface area contributed by atoms with Crippen molar-refractivity contribution in [2.45, 2.75) is 39.8 Å². The lowest BCUT2D eigenvalue weighted by Gasteiger charge is -2.25. The number of guanidine groups is 1. The van der Waals surface area contributed by atoms with E-state index in [0.29, 0.717) is 24.9 Å². The van der Waals surface area contributed by atoms with Gasteiger partial charge >= 0.3 is 0 Å². The summed E-state index contributed by atoms with van der Waals surface area (Å²) in [7, 11) is 0. The molecule has 0 radical (unpaired) electrons. The van der Waals surface area contributed by atoms with Gasteiger partial charge in [-0.2, -0.15) is 0 Å². The summed E-state index contributed by atoms with van der Waals surface area (Å²) >= 11 is 0. The van der Waals surface area contributed by atoms with Crippen LogP contribution in [0.3, 0.4) is 0 Å². The Balaban J connectivity index is 2.01. The van der Waals surface area contributed by atoms with Crippen LogP contribution in [0.5, 0.6) is 0 Å². The summed E-state index contributed by atoms with van der Waals surface area (Å²) in [5, 5.41) is 17.0. The molecule has 1 aromatic heterocycles. The fourth-order valence-electron chi connectivity index (χ4n) is 2.25. The fourth-order valence-corrected chi connectivity index (χ4v) is 2.25. The first-order valence-electron chi connectivity index (χ1n) is 8.15. The highest BCUT2D eigenvalue weighted by Gasteiger charge is 2.23. The number of rotatable bonds is 6. The molecule has 1 aromatic carbocycles. The Morgan fingerprint density at radius 3 is 2.54 bits per heavy atom. The monoisotopic (exact) mass is 330 g/mol. The second-order valence-corrected chi connectivity index (χ2v) is 5.94. The van der Waals surface area contributed by atoms with E-state index in [1.54, 1.807) is 6.92 Å². The van der Waals surface area contributed by atoms with E-state index in [-0.39, 0.29) is 0 Å². The third kappa shape index (κ3) is 4.83. The number of hydrogen-bond donors (Lipinski definition) is 3. The lowest BCUT2D eigenvalue weighted by molar-refractivity contribution is 0.0617. The van der Waals surface area contributed by atoms with Crippen molar-refractivity contribution in [3.05, 3.63) is 53.2 Å². The third-order valence-corrected chi connectivity index (χ3v) is 3.79. The quantitative estimate of drug-likeness (QED) is 0.559. The number of hydrogen-bond acceptors (Lipinski definition) is 4. The molecule has 2 aromatic rings. The summed E-state index contributed by atoms with van der Waals surface area (Å²) in [4.78, 5) is 8.78. The number of nitrogens with one attached hydrogen (secondary N) is 2. The molecule has 0 aliphatic carbocycles. The van der Waals surface area contributed by atoms with Gasteiger partial charge in [-0.05, 0) is 33.3 Å². The first-order valence-corrected chi connectivity index (χ1v) is 8.15. The van der Waals surface area contributed by atoms with Gasteiger partial charge in [-0.1, -0.05) is 30.3 Å². The average Bonchev–Trinajstić information content (AvgIpc) is 2.89. The second kappa shape index (κ2) is 7.97. The summed E-state index contributed by atoms with van der Waals surface area (Å²) in [5.74, 6) is 2.00. The molecule has 6 heteroatoms. The van der Waals surface area contributed by atoms with E-state index >= 15 is 0 Å². The van der Waals surface area contributed by atoms with E-state index in [0.717, 1.165) is 23.6 Å². The van der Waals surface area contributed by atoms with Crippen molar-refractivity contribution in [3.63, 3.8) is 0 Å². The number of aliphatic imine (C=N–C) groups is 1. The zero-order chi connectivity index (χ0) is 17.6. The Hall–Kier alpha value is -2.34. The normalized spacial score (nSPS) is 14.3. The molecule has 0 spiro atoms. The zero-order valence-corrected chi connectivity index (χ0v) is 14.8. The Kier molecular flexibility index (Phi) is 5.98. The Bertz CT molecular complexity index is 658. The maximum Gasteiger partial charge on any atom is 0.216 e. The van der Waals surface area contributed by atoms with Crippen LogP contribution < -0.4 is 10.6 Å². The number of oxazole rings is 1. The molecule has 0 aliphatic heterocycles. The molecular formula is C18H26N4O2. The van der Waals surface area contributed by atoms with Crippen LogP contribution >= 0.6 is 0 Å². The molecule has 0 fully saturated rings. The van der Waals surface area contributed by atoms with E-state index in [2.05, 4.69) is 20.6 Å². The number of aliphatic hydroxyl groups is 1. The first kappa shape index (κ1) is 18.0. The molecule has 0 saturated carbocycles. The van der Waals surface area contributed by atoms with Crippen LogP contribution in [-0.2, 0) is 12.1 Å². The van der Waals surface area contributed by atoms with E-state index in [1.165, 1.54) is 0 Å². The molecule has 24 heavy (non-hydrogen) atoms. The molecular weight excluding hydrogens is 304 g/mol. The highest BCUT2D eigenvalue weighted by atomic mass is 16.4. The van der Waals surface area contributed by atoms with E-state index in [9.17, 15) is 5.11 Å². The van der Waals surface area contributed by atoms with Gasteiger partial charge in [0.05, 0.1) is 12.2 Å². The minimum Gasteiger partial charge on any atom is -0.444 e. The van der Waals surface area contributed by atoms with Gasteiger partial charge in [0.2, 0.25) is 5.89 Å². The topological polar surface area (TPSA) is 82.7 Å². The molecule has 0 bridgehead atoms. The highest BCUT2D eigenvalue weighted by molar-refractivity contribution is 5.79. The van der Waals surface area contributed by atoms with Crippen LogP contribution in [0.4, 0.5) is 0 Å². The predicted molar refractivity (Wildman–Crippen MR) is 94.8 cm³/mol. The van der Waals surface area contributed by atoms with Gasteiger partial charge in [0.1, 0.15) is 17.9 Å². The van der Waals surface area contributed by atoms with Crippen LogP contribution in [0.2, 0.25) is 0 Å². The number of aryl methyl sites for hydroxylation is 2. The van der Waals surface area contributed by atoms with Crippen LogP contribution in [0.25, 0.3) is 0 Å². The standard InChI is InChI=1S/C18H26N4O2/c1-5-19-17(20-11-16-22-13(2)14(3)24-16)21-12-18(4,23)15-9-7-6-8-10-15/h6-10,23H,5,11-12H2,1-4H3,(H2,19,20,21). The molecule has 1 atom stereocenters. The lowest BCUT2D eigenvalue weighted by atomic mass is 9.96. The summed E-state index contributed by atoms with van der Waals surface area (Å²) in [6.07, 6.45) is 0. The second-order valence-electron chi connectivity index (χ2n) is 5.94. The number of aromatic nitrogens is 1. The van der Waals surface area contributed by atoms with Crippen molar-refractivity contribution in [3.8, 4) is 0 Å². The van der Waals surface area contributed by atoms with Gasteiger partial charge < -0.3 is 20.2 Å². The van der Waals surface area contributed by atoms with Gasteiger partial charge in [-0.3, -0.25) is 0 Å². The zero-order valence-electron chi connectivity index (χ0n) is 14.8. The molecule has 1 unspecified atom stereocenters. The molecule has 0 aliphatic rings. The van der Waals surface area contributed by atoms with Gasteiger partial charge in [-0.15, -0.1) is 0 Å². The molecule has 6 nitrogen and oxygen atoms in total. The van der Waals surface area contributed by atoms with Crippen molar-refractivity contribution in [2.24, 2.45) is 4.99 Å². The lowest BCUT2D eigenvalue weighted by Crippen LogP contribution is -2.44. The Morgan fingerprint density at radius 2 is 1.96 bits per heavy atom. The summed E-state index contributed by atoms with van der Waals surface area (Å²) in [6, 6.07) is 9.57. The van der Waals surface area contributed by atoms with Crippen molar-refractivity contribution < 1.29 is 9.52 Å². The van der Waals surface area contributed by atoms with Crippen molar-refractivity contribution in [1.29, 1.82) is 0 Å². The molecule has 0 saturated heterocycles. The van der Waals surface area contributed by atoms with E-state index in [1.807, 2.05) is 51.1 Å². The van der Waals surface area contributed by atoms with E-state index < -0.39 is 5.60 Å². The smallest absolute Gasteiger partial charge is 0.216 e. The van der Waals surface area contributed by atoms with Crippen LogP contribution in [0, 0.1) is 13.8 Å². The third-order valence-electron chi connectivity index (χ3n) is 3.79. The molecule has 130 valence electrons. The van der Waals surface area contributed by atoms with Crippen molar-refractivity contribution in [2.75, 3.05) is 13.1 Å². The van der Waals surface area contributed by atoms with Crippen LogP contribution in [-0.4, -0.2) is 29.1 Å². The summed E-state index contributed by atoms with van der Waals surface area (Å²) in [6.45, 7) is 8.97. The van der Waals surface area contributed by atoms with Crippen molar-refractivity contribution in [1.82, 2.24) is 15.6 Å². The van der Waals surface area contributed by atoms with Crippen molar-refractivity contribution >= 4 is 5.96 Å². The van der Waals surface area contributed by atoms with Crippen LogP contribution in [0.15, 0.2) is 39.7 Å². The summed E-state index contributed by atoms with van der Waals surface area (Å²) < 4.78 is 5.53. The maximum absolute atomic E-state index is 10.7. The van der Waals surface area contributed by atoms with Gasteiger partial charge in [0.25, 0.3) is 0 Å². The number of nitrogens with zero attached hydrogens (tertiary/aromatic N) is 2.